The van der Waals surface area contributed by atoms with Crippen molar-refractivity contribution in [3.8, 4) is 22.3 Å². The lowest BCUT2D eigenvalue weighted by atomic mass is 9.77. The van der Waals surface area contributed by atoms with E-state index in [1.54, 1.807) is 12.1 Å². The van der Waals surface area contributed by atoms with Gasteiger partial charge in [-0.2, -0.15) is 0 Å². The molecular formula is C36H31BO2. The molecule has 0 saturated carbocycles. The first-order valence-corrected chi connectivity index (χ1v) is 13.1. The summed E-state index contributed by atoms with van der Waals surface area (Å²) in [5.41, 5.74) is 1.18. The van der Waals surface area contributed by atoms with Crippen LogP contribution in [0.3, 0.4) is 0 Å². The Labute approximate surface area is 241 Å². The van der Waals surface area contributed by atoms with Gasteiger partial charge in [-0.1, -0.05) is 115 Å². The number of hydrogen-bond acceptors (Lipinski definition) is 2. The molecule has 1 aliphatic heterocycles. The number of hydrogen-bond donors (Lipinski definition) is 0. The Morgan fingerprint density at radius 3 is 1.77 bits per heavy atom. The highest BCUT2D eigenvalue weighted by Gasteiger charge is 2.51. The van der Waals surface area contributed by atoms with Gasteiger partial charge in [0.05, 0.1) is 22.2 Å². The van der Waals surface area contributed by atoms with Gasteiger partial charge >= 0.3 is 7.12 Å². The summed E-state index contributed by atoms with van der Waals surface area (Å²) in [6, 6.07) is 17.6. The highest BCUT2D eigenvalue weighted by Crippen LogP contribution is 2.45. The lowest BCUT2D eigenvalue weighted by Gasteiger charge is -2.32. The number of fused-ring (bicyclic) bond motifs is 3. The number of benzene rings is 6. The van der Waals surface area contributed by atoms with Crippen molar-refractivity contribution >= 4 is 44.9 Å². The molecule has 3 heteroatoms. The Bertz CT molecular complexity index is 2220. The van der Waals surface area contributed by atoms with Crippen molar-refractivity contribution in [2.45, 2.75) is 38.9 Å². The topological polar surface area (TPSA) is 18.5 Å². The van der Waals surface area contributed by atoms with Gasteiger partial charge in [0.15, 0.2) is 0 Å². The molecule has 1 aliphatic rings. The maximum absolute atomic E-state index is 9.23. The van der Waals surface area contributed by atoms with Crippen molar-refractivity contribution in [3.63, 3.8) is 0 Å². The second kappa shape index (κ2) is 8.81. The highest BCUT2D eigenvalue weighted by molar-refractivity contribution is 6.62. The van der Waals surface area contributed by atoms with E-state index < -0.39 is 42.5 Å². The molecule has 1 saturated heterocycles. The van der Waals surface area contributed by atoms with Crippen molar-refractivity contribution in [1.29, 1.82) is 0 Å². The zero-order chi connectivity index (χ0) is 33.7. The van der Waals surface area contributed by atoms with Gasteiger partial charge in [-0.25, -0.2) is 0 Å². The average molecular weight is 515 g/mol. The van der Waals surface area contributed by atoms with Crippen molar-refractivity contribution in [2.75, 3.05) is 0 Å². The Kier molecular flexibility index (Phi) is 3.82. The van der Waals surface area contributed by atoms with Gasteiger partial charge in [0.1, 0.15) is 0 Å². The molecule has 1 heterocycles. The van der Waals surface area contributed by atoms with Crippen molar-refractivity contribution in [2.24, 2.45) is 0 Å². The molecule has 0 atom stereocenters. The molecule has 0 amide bonds. The molecule has 0 bridgehead atoms. The van der Waals surface area contributed by atoms with Crippen LogP contribution < -0.4 is 5.46 Å². The average Bonchev–Trinajstić information content (AvgIpc) is 3.28. The van der Waals surface area contributed by atoms with E-state index in [-0.39, 0.29) is 51.3 Å². The third-order valence-electron chi connectivity index (χ3n) is 8.13. The van der Waals surface area contributed by atoms with E-state index >= 15 is 0 Å². The molecule has 39 heavy (non-hydrogen) atoms. The molecule has 190 valence electrons. The van der Waals surface area contributed by atoms with Crippen LogP contribution in [0.15, 0.2) is 115 Å². The minimum Gasteiger partial charge on any atom is -0.399 e. The van der Waals surface area contributed by atoms with Crippen molar-refractivity contribution < 1.29 is 20.3 Å². The van der Waals surface area contributed by atoms with Gasteiger partial charge < -0.3 is 9.31 Å². The monoisotopic (exact) mass is 514 g/mol. The Hall–Kier alpha value is -3.92. The first-order chi connectivity index (χ1) is 22.2. The van der Waals surface area contributed by atoms with Gasteiger partial charge in [-0.3, -0.25) is 0 Å². The molecule has 0 spiro atoms. The van der Waals surface area contributed by atoms with E-state index in [4.69, 9.17) is 14.8 Å². The zero-order valence-corrected chi connectivity index (χ0v) is 22.2. The summed E-state index contributed by atoms with van der Waals surface area (Å²) in [5, 5.41) is 2.37. The van der Waals surface area contributed by atoms with Crippen LogP contribution in [0.5, 0.6) is 0 Å². The van der Waals surface area contributed by atoms with E-state index in [2.05, 4.69) is 0 Å². The molecule has 0 aromatic heterocycles. The summed E-state index contributed by atoms with van der Waals surface area (Å²) in [4.78, 5) is 0. The summed E-state index contributed by atoms with van der Waals surface area (Å²) in [6.45, 7) is 7.82. The zero-order valence-electron chi connectivity index (χ0n) is 30.2. The van der Waals surface area contributed by atoms with Crippen LogP contribution in [-0.2, 0) is 9.31 Å². The van der Waals surface area contributed by atoms with E-state index in [0.29, 0.717) is 22.2 Å². The Morgan fingerprint density at radius 1 is 0.590 bits per heavy atom. The summed E-state index contributed by atoms with van der Waals surface area (Å²) < 4.78 is 84.3. The minimum absolute atomic E-state index is 0.169. The quantitative estimate of drug-likeness (QED) is 0.174. The predicted octanol–water partition coefficient (Wildman–Crippen LogP) is 8.78. The highest BCUT2D eigenvalue weighted by atomic mass is 16.7. The fourth-order valence-electron chi connectivity index (χ4n) is 5.45. The smallest absolute Gasteiger partial charge is 0.399 e. The van der Waals surface area contributed by atoms with Crippen LogP contribution in [0.1, 0.15) is 38.7 Å². The van der Waals surface area contributed by atoms with Gasteiger partial charge in [-0.15, -0.1) is 0 Å². The second-order valence-electron chi connectivity index (χ2n) is 11.0. The molecule has 0 unspecified atom stereocenters. The molecule has 6 aromatic carbocycles. The van der Waals surface area contributed by atoms with Gasteiger partial charge in [0.25, 0.3) is 0 Å². The van der Waals surface area contributed by atoms with E-state index in [0.717, 1.165) is 10.8 Å². The number of rotatable bonds is 3. The molecular weight excluding hydrogens is 475 g/mol. The molecule has 6 aromatic rings. The fourth-order valence-corrected chi connectivity index (χ4v) is 5.45. The Morgan fingerprint density at radius 2 is 1.13 bits per heavy atom. The van der Waals surface area contributed by atoms with Crippen LogP contribution in [0.25, 0.3) is 54.6 Å². The molecule has 0 N–H and O–H groups in total. The molecule has 2 nitrogen and oxygen atoms in total. The maximum atomic E-state index is 9.23. The van der Waals surface area contributed by atoms with Crippen molar-refractivity contribution in [1.82, 2.24) is 0 Å². The van der Waals surface area contributed by atoms with Crippen LogP contribution in [-0.4, -0.2) is 18.3 Å². The molecule has 1 fully saturated rings. The van der Waals surface area contributed by atoms with Gasteiger partial charge in [-0.05, 0) is 87.7 Å². The summed E-state index contributed by atoms with van der Waals surface area (Å²) in [5.74, 6) is 0. The lowest BCUT2D eigenvalue weighted by Crippen LogP contribution is -2.41. The minimum atomic E-state index is -0.727. The fraction of sp³-hybridized carbons (Fsp3) is 0.167. The molecule has 7 rings (SSSR count). The summed E-state index contributed by atoms with van der Waals surface area (Å²) >= 11 is 0. The standard InChI is InChI=1S/C36H31BO2/c1-35(2)36(3,4)39-37(38-35)26-16-11-15-25(23-26)33-29-18-7-9-20-31(29)34(32-21-10-8-19-30(32)33)28-22-12-14-24-13-5-6-17-27(24)28/h5-23H,1-4H3/i7D,8D,9D,10D,18D,19D,20D,21D. The normalized spacial score (nSPS) is 19.2. The van der Waals surface area contributed by atoms with Crippen LogP contribution in [0, 0.1) is 0 Å². The lowest BCUT2D eigenvalue weighted by molar-refractivity contribution is 0.00578. The van der Waals surface area contributed by atoms with E-state index in [1.165, 1.54) is 0 Å². The van der Waals surface area contributed by atoms with Crippen LogP contribution >= 0.6 is 0 Å². The van der Waals surface area contributed by atoms with E-state index in [1.807, 2.05) is 82.3 Å². The van der Waals surface area contributed by atoms with Gasteiger partial charge in [0.2, 0.25) is 0 Å². The SMILES string of the molecule is [2H]c1c([2H])c([2H])c2c(-c3cccc4ccccc34)c3c([2H])c([2H])c([2H])c([2H])c3c(-c3cccc(B4OC(C)(C)C(C)(C)O4)c3)c2c1[2H]. The third-order valence-corrected chi connectivity index (χ3v) is 8.13. The van der Waals surface area contributed by atoms with Gasteiger partial charge in [0, 0.05) is 0 Å². The largest absolute Gasteiger partial charge is 0.494 e. The Balaban J connectivity index is 1.71. The molecule has 0 aliphatic carbocycles. The molecule has 0 radical (unpaired) electrons. The predicted molar refractivity (Wildman–Crippen MR) is 166 cm³/mol. The first-order valence-electron chi connectivity index (χ1n) is 17.1. The first kappa shape index (κ1) is 16.9. The summed E-state index contributed by atoms with van der Waals surface area (Å²) in [6.07, 6.45) is 0. The second-order valence-corrected chi connectivity index (χ2v) is 11.0. The van der Waals surface area contributed by atoms with Crippen LogP contribution in [0.4, 0.5) is 0 Å². The van der Waals surface area contributed by atoms with Crippen molar-refractivity contribution in [3.05, 3.63) is 115 Å². The van der Waals surface area contributed by atoms with Crippen LogP contribution in [0.2, 0.25) is 0 Å². The summed E-state index contributed by atoms with van der Waals surface area (Å²) in [7, 11) is -0.727. The maximum Gasteiger partial charge on any atom is 0.494 e. The third kappa shape index (κ3) is 3.80. The van der Waals surface area contributed by atoms with E-state index in [9.17, 15) is 5.48 Å².